The molecule has 0 atom stereocenters. The summed E-state index contributed by atoms with van der Waals surface area (Å²) in [5.74, 6) is 0. The van der Waals surface area contributed by atoms with Crippen LogP contribution in [0, 0.1) is 0 Å². The van der Waals surface area contributed by atoms with Gasteiger partial charge in [-0.2, -0.15) is 0 Å². The van der Waals surface area contributed by atoms with E-state index in [4.69, 9.17) is 23.2 Å². The van der Waals surface area contributed by atoms with Crippen LogP contribution in [0.2, 0.25) is 0 Å². The Labute approximate surface area is 78.2 Å². The molecule has 0 aromatic heterocycles. The molecule has 0 radical (unpaired) electrons. The number of halogens is 3. The van der Waals surface area contributed by atoms with E-state index < -0.39 is 0 Å². The van der Waals surface area contributed by atoms with Gasteiger partial charge in [-0.05, 0) is 13.1 Å². The molecule has 0 fully saturated rings. The molecule has 0 aromatic carbocycles. The Bertz CT molecular complexity index is 58.9. The minimum Gasteiger partial charge on any atom is -0.412 e. The highest BCUT2D eigenvalue weighted by Gasteiger charge is 2.05. The second-order valence-corrected chi connectivity index (χ2v) is 2.55. The van der Waals surface area contributed by atoms with Crippen molar-refractivity contribution in [3.8, 4) is 0 Å². The first-order valence-electron chi connectivity index (χ1n) is 2.74. The van der Waals surface area contributed by atoms with Gasteiger partial charge in [-0.25, -0.2) is 0 Å². The van der Waals surface area contributed by atoms with Crippen molar-refractivity contribution in [1.82, 2.24) is 4.90 Å². The molecular weight excluding hydrogens is 196 g/mol. The molecular formula is C5H14Cl3NO. The second-order valence-electron chi connectivity index (χ2n) is 1.50. The van der Waals surface area contributed by atoms with E-state index in [1.54, 1.807) is 0 Å². The number of rotatable bonds is 3. The van der Waals surface area contributed by atoms with Gasteiger partial charge in [0.25, 0.3) is 0 Å². The minimum atomic E-state index is -0.343. The molecule has 0 saturated heterocycles. The third kappa shape index (κ3) is 6.90. The van der Waals surface area contributed by atoms with Crippen molar-refractivity contribution in [3.05, 3.63) is 0 Å². The molecule has 2 N–H and O–H groups in total. The third-order valence-electron chi connectivity index (χ3n) is 1.09. The van der Waals surface area contributed by atoms with Crippen LogP contribution in [0.5, 0.6) is 0 Å². The predicted octanol–water partition coefficient (Wildman–Crippen LogP) is 1.69. The van der Waals surface area contributed by atoms with E-state index in [0.29, 0.717) is 0 Å². The molecule has 2 nitrogen and oxygen atoms in total. The Morgan fingerprint density at radius 1 is 1.20 bits per heavy atom. The van der Waals surface area contributed by atoms with E-state index in [1.165, 1.54) is 0 Å². The first kappa shape index (κ1) is 17.0. The van der Waals surface area contributed by atoms with Crippen molar-refractivity contribution >= 4 is 35.6 Å². The molecule has 0 aliphatic carbocycles. The van der Waals surface area contributed by atoms with Gasteiger partial charge in [-0.1, -0.05) is 37.0 Å². The van der Waals surface area contributed by atoms with Gasteiger partial charge in [-0.3, -0.25) is 4.90 Å². The van der Waals surface area contributed by atoms with Crippen LogP contribution in [0.1, 0.15) is 13.8 Å². The highest BCUT2D eigenvalue weighted by atomic mass is 35.5. The maximum absolute atomic E-state index is 5.54. The van der Waals surface area contributed by atoms with Crippen LogP contribution < -0.4 is 0 Å². The summed E-state index contributed by atoms with van der Waals surface area (Å²) in [6.45, 7) is 5.88. The molecule has 66 valence electrons. The second kappa shape index (κ2) is 9.79. The lowest BCUT2D eigenvalue weighted by Gasteiger charge is -2.17. The summed E-state index contributed by atoms with van der Waals surface area (Å²) in [6.07, 6.45) is 0. The van der Waals surface area contributed by atoms with Gasteiger partial charge in [0.05, 0.1) is 0 Å². The zero-order valence-electron chi connectivity index (χ0n) is 6.10. The molecule has 0 aliphatic heterocycles. The SMILES string of the molecule is CCN(CC)C(Cl)Cl.Cl.O. The molecule has 10 heavy (non-hydrogen) atoms. The van der Waals surface area contributed by atoms with E-state index in [-0.39, 0.29) is 22.8 Å². The summed E-state index contributed by atoms with van der Waals surface area (Å²) in [4.78, 5) is 1.60. The highest BCUT2D eigenvalue weighted by Crippen LogP contribution is 2.07. The van der Waals surface area contributed by atoms with Crippen molar-refractivity contribution < 1.29 is 5.48 Å². The Hall–Kier alpha value is 0.790. The molecule has 0 unspecified atom stereocenters. The fourth-order valence-corrected chi connectivity index (χ4v) is 1.05. The van der Waals surface area contributed by atoms with Crippen LogP contribution in [0.4, 0.5) is 0 Å². The standard InChI is InChI=1S/C5H11Cl2N.ClH.H2O/c1-3-8(4-2)5(6)7;;/h5H,3-4H2,1-2H3;1H;1H2. The lowest BCUT2D eigenvalue weighted by atomic mass is 10.6. The largest absolute Gasteiger partial charge is 0.412 e. The molecule has 0 heterocycles. The summed E-state index contributed by atoms with van der Waals surface area (Å²) in [7, 11) is 0. The average Bonchev–Trinajstić information content (AvgIpc) is 1.69. The quantitative estimate of drug-likeness (QED) is 0.516. The van der Waals surface area contributed by atoms with Gasteiger partial charge in [0, 0.05) is 0 Å². The molecule has 0 aliphatic rings. The van der Waals surface area contributed by atoms with Crippen molar-refractivity contribution in [3.63, 3.8) is 0 Å². The van der Waals surface area contributed by atoms with E-state index in [1.807, 2.05) is 18.7 Å². The van der Waals surface area contributed by atoms with Gasteiger partial charge in [0.15, 0.2) is 4.96 Å². The zero-order chi connectivity index (χ0) is 6.57. The van der Waals surface area contributed by atoms with Crippen LogP contribution in [0.25, 0.3) is 0 Å². The average molecular weight is 211 g/mol. The van der Waals surface area contributed by atoms with Crippen LogP contribution in [-0.2, 0) is 0 Å². The van der Waals surface area contributed by atoms with Gasteiger partial charge in [0.2, 0.25) is 0 Å². The van der Waals surface area contributed by atoms with Crippen molar-refractivity contribution in [2.45, 2.75) is 18.8 Å². The summed E-state index contributed by atoms with van der Waals surface area (Å²) in [5, 5.41) is 0. The number of nitrogens with zero attached hydrogens (tertiary/aromatic N) is 1. The molecule has 5 heteroatoms. The maximum Gasteiger partial charge on any atom is 0.160 e. The van der Waals surface area contributed by atoms with Crippen LogP contribution in [0.15, 0.2) is 0 Å². The Balaban J connectivity index is -0.000000245. The maximum atomic E-state index is 5.54. The number of hydrogen-bond acceptors (Lipinski definition) is 1. The molecule has 0 bridgehead atoms. The minimum absolute atomic E-state index is 0. The van der Waals surface area contributed by atoms with E-state index in [2.05, 4.69) is 0 Å². The third-order valence-corrected chi connectivity index (χ3v) is 1.64. The first-order chi connectivity index (χ1) is 3.72. The summed E-state index contributed by atoms with van der Waals surface area (Å²) in [6, 6.07) is 0. The van der Waals surface area contributed by atoms with Crippen LogP contribution in [0.3, 0.4) is 0 Å². The first-order valence-corrected chi connectivity index (χ1v) is 3.61. The Kier molecular flexibility index (Phi) is 16.7. The van der Waals surface area contributed by atoms with E-state index in [9.17, 15) is 0 Å². The summed E-state index contributed by atoms with van der Waals surface area (Å²) in [5.41, 5.74) is 0. The monoisotopic (exact) mass is 209 g/mol. The fourth-order valence-electron chi connectivity index (χ4n) is 0.500. The molecule has 0 amide bonds. The topological polar surface area (TPSA) is 34.7 Å². The van der Waals surface area contributed by atoms with Gasteiger partial charge in [-0.15, -0.1) is 12.4 Å². The van der Waals surface area contributed by atoms with Gasteiger partial charge >= 0.3 is 0 Å². The van der Waals surface area contributed by atoms with E-state index in [0.717, 1.165) is 13.1 Å². The lowest BCUT2D eigenvalue weighted by molar-refractivity contribution is 0.331. The zero-order valence-corrected chi connectivity index (χ0v) is 8.43. The molecule has 0 rings (SSSR count). The summed E-state index contributed by atoms with van der Waals surface area (Å²) >= 11 is 11.1. The normalized spacial score (nSPS) is 9.00. The molecule has 0 spiro atoms. The highest BCUT2D eigenvalue weighted by molar-refractivity contribution is 6.43. The van der Waals surface area contributed by atoms with Crippen molar-refractivity contribution in [2.24, 2.45) is 0 Å². The predicted molar refractivity (Wildman–Crippen MR) is 49.3 cm³/mol. The smallest absolute Gasteiger partial charge is 0.160 e. The Morgan fingerprint density at radius 3 is 1.50 bits per heavy atom. The van der Waals surface area contributed by atoms with Crippen LogP contribution >= 0.6 is 35.6 Å². The van der Waals surface area contributed by atoms with Gasteiger partial charge < -0.3 is 5.48 Å². The number of hydrogen-bond donors (Lipinski definition) is 0. The molecule has 0 saturated carbocycles. The lowest BCUT2D eigenvalue weighted by Crippen LogP contribution is -2.26. The number of alkyl halides is 2. The van der Waals surface area contributed by atoms with Crippen molar-refractivity contribution in [2.75, 3.05) is 13.1 Å². The van der Waals surface area contributed by atoms with Crippen molar-refractivity contribution in [1.29, 1.82) is 0 Å². The van der Waals surface area contributed by atoms with Gasteiger partial charge in [0.1, 0.15) is 0 Å². The Morgan fingerprint density at radius 2 is 1.50 bits per heavy atom. The van der Waals surface area contributed by atoms with E-state index >= 15 is 0 Å². The molecule has 0 aromatic rings. The fraction of sp³-hybridized carbons (Fsp3) is 1.00. The van der Waals surface area contributed by atoms with Crippen LogP contribution in [-0.4, -0.2) is 28.4 Å². The summed E-state index contributed by atoms with van der Waals surface area (Å²) < 4.78 is 0.